The van der Waals surface area contributed by atoms with E-state index in [1.807, 2.05) is 6.08 Å². The van der Waals surface area contributed by atoms with Crippen LogP contribution in [0.25, 0.3) is 0 Å². The molecule has 7 unspecified atom stereocenters. The summed E-state index contributed by atoms with van der Waals surface area (Å²) < 4.78 is 11.1. The number of rotatable bonds is 33. The molecule has 0 aromatic carbocycles. The highest BCUT2D eigenvalue weighted by Crippen LogP contribution is 2.22. The number of aliphatic hydroxyl groups is 5. The van der Waals surface area contributed by atoms with Crippen LogP contribution < -0.4 is 5.32 Å². The van der Waals surface area contributed by atoms with Crippen LogP contribution in [-0.4, -0.2) is 87.5 Å². The summed E-state index contributed by atoms with van der Waals surface area (Å²) >= 11 is 0. The highest BCUT2D eigenvalue weighted by atomic mass is 16.7. The second-order valence-electron chi connectivity index (χ2n) is 14.4. The Morgan fingerprint density at radius 1 is 0.642 bits per heavy atom. The number of hydrogen-bond donors (Lipinski definition) is 6. The predicted octanol–water partition coefficient (Wildman–Crippen LogP) is 8.05. The molecule has 6 N–H and O–H groups in total. The molecule has 1 heterocycles. The molecular formula is C44H77NO8. The number of unbranched alkanes of at least 4 members (excludes halogenated alkanes) is 15. The Labute approximate surface area is 322 Å². The minimum atomic E-state index is -1.58. The van der Waals surface area contributed by atoms with Gasteiger partial charge < -0.3 is 40.3 Å². The molecule has 53 heavy (non-hydrogen) atoms. The smallest absolute Gasteiger partial charge is 0.220 e. The van der Waals surface area contributed by atoms with Gasteiger partial charge in [0.1, 0.15) is 24.4 Å². The Hall–Kier alpha value is -2.11. The lowest BCUT2D eigenvalue weighted by atomic mass is 9.99. The molecule has 0 saturated carbocycles. The zero-order chi connectivity index (χ0) is 38.8. The van der Waals surface area contributed by atoms with Gasteiger partial charge in [-0.25, -0.2) is 0 Å². The molecule has 0 aromatic rings. The number of carbonyl (C=O) groups excluding carboxylic acids is 1. The molecule has 0 aromatic heterocycles. The lowest BCUT2D eigenvalue weighted by Gasteiger charge is -2.40. The quantitative estimate of drug-likeness (QED) is 0.0292. The highest BCUT2D eigenvalue weighted by molar-refractivity contribution is 5.76. The number of carbonyl (C=O) groups is 1. The van der Waals surface area contributed by atoms with Crippen molar-refractivity contribution in [1.29, 1.82) is 0 Å². The molecule has 0 bridgehead atoms. The van der Waals surface area contributed by atoms with Gasteiger partial charge in [0.05, 0.1) is 25.4 Å². The number of nitrogens with one attached hydrogen (secondary N) is 1. The second kappa shape index (κ2) is 34.4. The summed E-state index contributed by atoms with van der Waals surface area (Å²) in [5.41, 5.74) is 0. The minimum Gasteiger partial charge on any atom is -0.394 e. The van der Waals surface area contributed by atoms with E-state index < -0.39 is 49.5 Å². The van der Waals surface area contributed by atoms with E-state index in [1.165, 1.54) is 64.2 Å². The molecule has 9 nitrogen and oxygen atoms in total. The third kappa shape index (κ3) is 25.6. The van der Waals surface area contributed by atoms with Gasteiger partial charge in [0, 0.05) is 6.42 Å². The van der Waals surface area contributed by atoms with Crippen LogP contribution in [0.1, 0.15) is 155 Å². The van der Waals surface area contributed by atoms with Crippen molar-refractivity contribution in [2.24, 2.45) is 0 Å². The van der Waals surface area contributed by atoms with Crippen LogP contribution in [-0.2, 0) is 14.3 Å². The fraction of sp³-hybridized carbons (Fsp3) is 0.750. The summed E-state index contributed by atoms with van der Waals surface area (Å²) in [6, 6.07) is -0.832. The second-order valence-corrected chi connectivity index (χ2v) is 14.4. The number of ether oxygens (including phenoxy) is 2. The van der Waals surface area contributed by atoms with E-state index in [0.717, 1.165) is 70.6 Å². The first kappa shape index (κ1) is 48.9. The van der Waals surface area contributed by atoms with E-state index in [2.05, 4.69) is 67.8 Å². The van der Waals surface area contributed by atoms with Crippen LogP contribution in [0.4, 0.5) is 0 Å². The molecule has 1 fully saturated rings. The average Bonchev–Trinajstić information content (AvgIpc) is 3.16. The van der Waals surface area contributed by atoms with E-state index in [4.69, 9.17) is 9.47 Å². The summed E-state index contributed by atoms with van der Waals surface area (Å²) in [5, 5.41) is 54.0. The SMILES string of the molecule is CCCC/C=C/CC/C=C/CC/C=C/C(O)C(COC1OC(CO)C(O)C(O)C1O)NC(=O)CCCCCCCCC/C=C\C/C=C\CCCCCC. The Bertz CT molecular complexity index is 1010. The van der Waals surface area contributed by atoms with E-state index in [-0.39, 0.29) is 12.5 Å². The monoisotopic (exact) mass is 748 g/mol. The van der Waals surface area contributed by atoms with E-state index in [0.29, 0.717) is 6.42 Å². The molecule has 1 saturated heterocycles. The van der Waals surface area contributed by atoms with Gasteiger partial charge in [0.25, 0.3) is 0 Å². The fourth-order valence-electron chi connectivity index (χ4n) is 6.08. The van der Waals surface area contributed by atoms with Crippen molar-refractivity contribution in [2.75, 3.05) is 13.2 Å². The van der Waals surface area contributed by atoms with E-state index in [9.17, 15) is 30.3 Å². The summed E-state index contributed by atoms with van der Waals surface area (Å²) in [4.78, 5) is 12.9. The molecule has 7 atom stereocenters. The first-order valence-electron chi connectivity index (χ1n) is 21.0. The number of allylic oxidation sites excluding steroid dienone is 9. The lowest BCUT2D eigenvalue weighted by molar-refractivity contribution is -0.302. The molecule has 1 amide bonds. The van der Waals surface area contributed by atoms with E-state index in [1.54, 1.807) is 6.08 Å². The maximum absolute atomic E-state index is 12.9. The molecule has 0 radical (unpaired) electrons. The number of amides is 1. The number of hydrogen-bond acceptors (Lipinski definition) is 8. The van der Waals surface area contributed by atoms with Gasteiger partial charge in [0.15, 0.2) is 6.29 Å². The summed E-state index contributed by atoms with van der Waals surface area (Å²) in [6.45, 7) is 3.65. The normalized spacial score (nSPS) is 22.3. The summed E-state index contributed by atoms with van der Waals surface area (Å²) in [7, 11) is 0. The van der Waals surface area contributed by atoms with Crippen LogP contribution in [0.15, 0.2) is 60.8 Å². The molecule has 1 rings (SSSR count). The zero-order valence-electron chi connectivity index (χ0n) is 33.2. The fourth-order valence-corrected chi connectivity index (χ4v) is 6.08. The zero-order valence-corrected chi connectivity index (χ0v) is 33.2. The van der Waals surface area contributed by atoms with Crippen LogP contribution in [0, 0.1) is 0 Å². The Morgan fingerprint density at radius 2 is 1.15 bits per heavy atom. The molecular weight excluding hydrogens is 670 g/mol. The van der Waals surface area contributed by atoms with Gasteiger partial charge in [-0.3, -0.25) is 4.79 Å². The van der Waals surface area contributed by atoms with Crippen molar-refractivity contribution < 1.29 is 39.8 Å². The Morgan fingerprint density at radius 3 is 1.75 bits per heavy atom. The van der Waals surface area contributed by atoms with Crippen molar-refractivity contribution in [1.82, 2.24) is 5.32 Å². The largest absolute Gasteiger partial charge is 0.394 e. The molecule has 9 heteroatoms. The van der Waals surface area contributed by atoms with Crippen LogP contribution in [0.2, 0.25) is 0 Å². The van der Waals surface area contributed by atoms with Crippen molar-refractivity contribution in [3.8, 4) is 0 Å². The third-order valence-electron chi connectivity index (χ3n) is 9.54. The summed E-state index contributed by atoms with van der Waals surface area (Å²) in [6.07, 6.45) is 36.9. The van der Waals surface area contributed by atoms with Crippen LogP contribution >= 0.6 is 0 Å². The van der Waals surface area contributed by atoms with Gasteiger partial charge in [-0.05, 0) is 70.6 Å². The van der Waals surface area contributed by atoms with Crippen molar-refractivity contribution in [2.45, 2.75) is 198 Å². The molecule has 0 aliphatic carbocycles. The molecule has 306 valence electrons. The van der Waals surface area contributed by atoms with Gasteiger partial charge in [-0.15, -0.1) is 0 Å². The summed E-state index contributed by atoms with van der Waals surface area (Å²) in [5.74, 6) is -0.204. The average molecular weight is 748 g/mol. The van der Waals surface area contributed by atoms with Gasteiger partial charge in [0.2, 0.25) is 5.91 Å². The predicted molar refractivity (Wildman–Crippen MR) is 216 cm³/mol. The Balaban J connectivity index is 2.42. The highest BCUT2D eigenvalue weighted by Gasteiger charge is 2.44. The maximum atomic E-state index is 12.9. The van der Waals surface area contributed by atoms with Gasteiger partial charge in [-0.1, -0.05) is 139 Å². The molecule has 0 spiro atoms. The first-order chi connectivity index (χ1) is 25.8. The number of aliphatic hydroxyl groups excluding tert-OH is 5. The van der Waals surface area contributed by atoms with Gasteiger partial charge in [-0.2, -0.15) is 0 Å². The van der Waals surface area contributed by atoms with Crippen molar-refractivity contribution >= 4 is 5.91 Å². The third-order valence-corrected chi connectivity index (χ3v) is 9.54. The van der Waals surface area contributed by atoms with Crippen LogP contribution in [0.3, 0.4) is 0 Å². The van der Waals surface area contributed by atoms with E-state index >= 15 is 0 Å². The molecule has 1 aliphatic rings. The van der Waals surface area contributed by atoms with Crippen molar-refractivity contribution in [3.05, 3.63) is 60.8 Å². The topological polar surface area (TPSA) is 149 Å². The minimum absolute atomic E-state index is 0.204. The maximum Gasteiger partial charge on any atom is 0.220 e. The Kier molecular flexibility index (Phi) is 31.7. The van der Waals surface area contributed by atoms with Gasteiger partial charge >= 0.3 is 0 Å². The standard InChI is InChI=1S/C44H77NO8/c1-3-5-7-9-11-13-15-17-18-19-20-21-22-24-26-28-30-32-34-40(48)45-37(36-52-44-43(51)42(50)41(49)39(35-46)53-44)38(47)33-31-29-27-25-23-16-14-12-10-8-6-4-2/h10,12-13,15,18-19,23,25,31,33,37-39,41-44,46-47,49-51H,3-9,11,14,16-17,20-22,24,26-30,32,34-36H2,1-2H3,(H,45,48)/b12-10+,15-13-,19-18-,25-23+,33-31+. The van der Waals surface area contributed by atoms with Crippen LogP contribution in [0.5, 0.6) is 0 Å². The van der Waals surface area contributed by atoms with Crippen molar-refractivity contribution in [3.63, 3.8) is 0 Å². The molecule has 1 aliphatic heterocycles. The lowest BCUT2D eigenvalue weighted by Crippen LogP contribution is -2.60. The first-order valence-corrected chi connectivity index (χ1v) is 21.0.